The van der Waals surface area contributed by atoms with Crippen LogP contribution in [0.4, 0.5) is 4.39 Å². The number of benzene rings is 2. The molecule has 0 spiro atoms. The zero-order chi connectivity index (χ0) is 20.4. The summed E-state index contributed by atoms with van der Waals surface area (Å²) in [4.78, 5) is 4.18. The van der Waals surface area contributed by atoms with E-state index in [1.165, 1.54) is 6.07 Å². The topological polar surface area (TPSA) is 64.1 Å². The van der Waals surface area contributed by atoms with Crippen molar-refractivity contribution in [1.82, 2.24) is 10.6 Å². The molecule has 7 heteroatoms. The molecule has 28 heavy (non-hydrogen) atoms. The first-order valence-corrected chi connectivity index (χ1v) is 9.22. The van der Waals surface area contributed by atoms with E-state index >= 15 is 0 Å². The van der Waals surface area contributed by atoms with Gasteiger partial charge in [0.05, 0.1) is 20.3 Å². The van der Waals surface area contributed by atoms with Crippen molar-refractivity contribution in [2.75, 3.05) is 27.3 Å². The van der Waals surface area contributed by atoms with E-state index in [9.17, 15) is 4.39 Å². The van der Waals surface area contributed by atoms with Crippen LogP contribution < -0.4 is 24.8 Å². The number of aliphatic imine (C=N–C) groups is 1. The molecule has 0 bridgehead atoms. The summed E-state index contributed by atoms with van der Waals surface area (Å²) in [5.41, 5.74) is 0.794. The predicted molar refractivity (Wildman–Crippen MR) is 109 cm³/mol. The Morgan fingerprint density at radius 1 is 1.11 bits per heavy atom. The van der Waals surface area contributed by atoms with Crippen LogP contribution in [0.2, 0.25) is 0 Å². The van der Waals surface area contributed by atoms with Crippen LogP contribution in [0.5, 0.6) is 17.2 Å². The number of hydrogen-bond acceptors (Lipinski definition) is 4. The summed E-state index contributed by atoms with van der Waals surface area (Å²) < 4.78 is 30.4. The van der Waals surface area contributed by atoms with Crippen molar-refractivity contribution >= 4 is 5.96 Å². The van der Waals surface area contributed by atoms with Crippen molar-refractivity contribution in [2.24, 2.45) is 4.99 Å². The lowest BCUT2D eigenvalue weighted by Gasteiger charge is -2.19. The van der Waals surface area contributed by atoms with Crippen LogP contribution in [0.15, 0.2) is 47.5 Å². The third kappa shape index (κ3) is 6.33. The molecule has 2 rings (SSSR count). The summed E-state index contributed by atoms with van der Waals surface area (Å²) in [6.07, 6.45) is -0.113. The highest BCUT2D eigenvalue weighted by Gasteiger charge is 2.10. The second-order valence-electron chi connectivity index (χ2n) is 6.08. The Kier molecular flexibility index (Phi) is 8.39. The Morgan fingerprint density at radius 3 is 2.50 bits per heavy atom. The SMILES string of the molecule is CCOc1ccc(CNC(=NC)NCC(C)Oc2ccccc2OC)cc1F. The molecule has 2 N–H and O–H groups in total. The quantitative estimate of drug-likeness (QED) is 0.509. The van der Waals surface area contributed by atoms with E-state index in [1.54, 1.807) is 20.2 Å². The minimum Gasteiger partial charge on any atom is -0.493 e. The second-order valence-corrected chi connectivity index (χ2v) is 6.08. The lowest BCUT2D eigenvalue weighted by atomic mass is 10.2. The largest absolute Gasteiger partial charge is 0.493 e. The lowest BCUT2D eigenvalue weighted by molar-refractivity contribution is 0.213. The first-order chi connectivity index (χ1) is 13.6. The average Bonchev–Trinajstić information content (AvgIpc) is 2.70. The number of nitrogens with zero attached hydrogens (tertiary/aromatic N) is 1. The molecule has 2 aromatic carbocycles. The van der Waals surface area contributed by atoms with Gasteiger partial charge in [0.15, 0.2) is 29.0 Å². The van der Waals surface area contributed by atoms with E-state index in [1.807, 2.05) is 44.2 Å². The van der Waals surface area contributed by atoms with Crippen molar-refractivity contribution in [3.63, 3.8) is 0 Å². The minimum atomic E-state index is -0.372. The van der Waals surface area contributed by atoms with Gasteiger partial charge in [0, 0.05) is 13.6 Å². The van der Waals surface area contributed by atoms with E-state index in [0.29, 0.717) is 37.2 Å². The minimum absolute atomic E-state index is 0.113. The molecular formula is C21H28FN3O3. The zero-order valence-corrected chi connectivity index (χ0v) is 16.8. The Balaban J connectivity index is 1.83. The molecule has 1 atom stereocenters. The van der Waals surface area contributed by atoms with Gasteiger partial charge in [-0.2, -0.15) is 0 Å². The number of guanidine groups is 1. The molecule has 0 amide bonds. The maximum atomic E-state index is 13.9. The van der Waals surface area contributed by atoms with E-state index in [2.05, 4.69) is 15.6 Å². The molecule has 0 saturated carbocycles. The summed E-state index contributed by atoms with van der Waals surface area (Å²) in [5, 5.41) is 6.36. The number of nitrogens with one attached hydrogen (secondary N) is 2. The van der Waals surface area contributed by atoms with Crippen LogP contribution in [-0.4, -0.2) is 39.4 Å². The lowest BCUT2D eigenvalue weighted by Crippen LogP contribution is -2.41. The van der Waals surface area contributed by atoms with Gasteiger partial charge < -0.3 is 24.8 Å². The normalized spacial score (nSPS) is 12.2. The van der Waals surface area contributed by atoms with Crippen LogP contribution in [0.3, 0.4) is 0 Å². The van der Waals surface area contributed by atoms with Gasteiger partial charge in [0.25, 0.3) is 0 Å². The molecule has 1 unspecified atom stereocenters. The van der Waals surface area contributed by atoms with E-state index in [4.69, 9.17) is 14.2 Å². The molecule has 0 fully saturated rings. The van der Waals surface area contributed by atoms with Gasteiger partial charge >= 0.3 is 0 Å². The Morgan fingerprint density at radius 2 is 1.86 bits per heavy atom. The Hall–Kier alpha value is -2.96. The molecule has 0 radical (unpaired) electrons. The Bertz CT molecular complexity index is 783. The van der Waals surface area contributed by atoms with Gasteiger partial charge in [0.2, 0.25) is 0 Å². The van der Waals surface area contributed by atoms with Crippen LogP contribution in [0.25, 0.3) is 0 Å². The maximum absolute atomic E-state index is 13.9. The summed E-state index contributed by atoms with van der Waals surface area (Å²) in [6, 6.07) is 12.4. The number of methoxy groups -OCH3 is 1. The van der Waals surface area contributed by atoms with Gasteiger partial charge in [-0.3, -0.25) is 4.99 Å². The van der Waals surface area contributed by atoms with Crippen LogP contribution in [0, 0.1) is 5.82 Å². The summed E-state index contributed by atoms with van der Waals surface area (Å²) >= 11 is 0. The van der Waals surface area contributed by atoms with Gasteiger partial charge in [-0.1, -0.05) is 18.2 Å². The highest BCUT2D eigenvalue weighted by atomic mass is 19.1. The van der Waals surface area contributed by atoms with Gasteiger partial charge in [-0.25, -0.2) is 4.39 Å². The third-order valence-electron chi connectivity index (χ3n) is 3.93. The summed E-state index contributed by atoms with van der Waals surface area (Å²) in [5.74, 6) is 1.87. The fourth-order valence-corrected chi connectivity index (χ4v) is 2.55. The molecule has 0 aliphatic heterocycles. The predicted octanol–water partition coefficient (Wildman–Crippen LogP) is 3.37. The van der Waals surface area contributed by atoms with Crippen LogP contribution in [-0.2, 0) is 6.54 Å². The Labute approximate surface area is 165 Å². The fourth-order valence-electron chi connectivity index (χ4n) is 2.55. The van der Waals surface area contributed by atoms with Crippen molar-refractivity contribution in [3.8, 4) is 17.2 Å². The van der Waals surface area contributed by atoms with Crippen LogP contribution in [0.1, 0.15) is 19.4 Å². The van der Waals surface area contributed by atoms with E-state index in [-0.39, 0.29) is 17.7 Å². The van der Waals surface area contributed by atoms with E-state index in [0.717, 1.165) is 5.56 Å². The maximum Gasteiger partial charge on any atom is 0.191 e. The molecule has 0 aliphatic rings. The average molecular weight is 389 g/mol. The van der Waals surface area contributed by atoms with E-state index < -0.39 is 0 Å². The number of para-hydroxylation sites is 2. The van der Waals surface area contributed by atoms with Crippen LogP contribution >= 0.6 is 0 Å². The highest BCUT2D eigenvalue weighted by molar-refractivity contribution is 5.79. The third-order valence-corrected chi connectivity index (χ3v) is 3.93. The first kappa shape index (κ1) is 21.3. The highest BCUT2D eigenvalue weighted by Crippen LogP contribution is 2.26. The monoisotopic (exact) mass is 389 g/mol. The zero-order valence-electron chi connectivity index (χ0n) is 16.8. The number of rotatable bonds is 9. The molecule has 0 aliphatic carbocycles. The standard InChI is InChI=1S/C21H28FN3O3/c1-5-27-18-11-10-16(12-17(18)22)14-25-21(23-3)24-13-15(2)28-20-9-7-6-8-19(20)26-4/h6-12,15H,5,13-14H2,1-4H3,(H2,23,24,25). The smallest absolute Gasteiger partial charge is 0.191 e. The second kappa shape index (κ2) is 11.0. The molecule has 6 nitrogen and oxygen atoms in total. The summed E-state index contributed by atoms with van der Waals surface area (Å²) in [6.45, 7) is 5.18. The van der Waals surface area contributed by atoms with Gasteiger partial charge in [-0.15, -0.1) is 0 Å². The molecule has 0 saturated heterocycles. The number of halogens is 1. The van der Waals surface area contributed by atoms with Gasteiger partial charge in [-0.05, 0) is 43.7 Å². The van der Waals surface area contributed by atoms with Crippen molar-refractivity contribution in [2.45, 2.75) is 26.5 Å². The summed E-state index contributed by atoms with van der Waals surface area (Å²) in [7, 11) is 3.29. The molecule has 2 aromatic rings. The fraction of sp³-hybridized carbons (Fsp3) is 0.381. The molecular weight excluding hydrogens is 361 g/mol. The first-order valence-electron chi connectivity index (χ1n) is 9.22. The number of ether oxygens (including phenoxy) is 3. The van der Waals surface area contributed by atoms with Crippen molar-refractivity contribution in [1.29, 1.82) is 0 Å². The number of hydrogen-bond donors (Lipinski definition) is 2. The molecule has 152 valence electrons. The molecule has 0 heterocycles. The van der Waals surface area contributed by atoms with Crippen molar-refractivity contribution < 1.29 is 18.6 Å². The molecule has 0 aromatic heterocycles. The van der Waals surface area contributed by atoms with Gasteiger partial charge in [0.1, 0.15) is 6.10 Å². The van der Waals surface area contributed by atoms with Crippen molar-refractivity contribution in [3.05, 3.63) is 53.8 Å².